The molecule has 10 heteroatoms. The number of aromatic nitrogens is 2. The average Bonchev–Trinajstić information content (AvgIpc) is 3.32. The summed E-state index contributed by atoms with van der Waals surface area (Å²) in [6.07, 6.45) is 0.104. The van der Waals surface area contributed by atoms with E-state index in [4.69, 9.17) is 27.9 Å². The number of nitrogens with one attached hydrogen (secondary N) is 2. The van der Waals surface area contributed by atoms with Crippen molar-refractivity contribution in [3.8, 4) is 11.5 Å². The van der Waals surface area contributed by atoms with E-state index in [1.165, 1.54) is 0 Å². The highest BCUT2D eigenvalue weighted by atomic mass is 127. The van der Waals surface area contributed by atoms with Gasteiger partial charge in [0.25, 0.3) is 0 Å². The summed E-state index contributed by atoms with van der Waals surface area (Å²) in [5.41, 5.74) is 3.26. The van der Waals surface area contributed by atoms with E-state index in [1.54, 1.807) is 22.9 Å². The number of carbonyl (C=O) groups excluding carboxylic acids is 2. The van der Waals surface area contributed by atoms with Crippen LogP contribution in [0.2, 0.25) is 10.0 Å². The molecule has 1 fully saturated rings. The molecule has 6 rings (SSSR count). The molecule has 0 radical (unpaired) electrons. The predicted octanol–water partition coefficient (Wildman–Crippen LogP) is 6.98. The SMILES string of the molecule is Cc1nn(C)c(C)c1Oc1ccc(I)cc1[C@H]1NC(=O)C[C@@H](c2cccc(Cl)c2)[C@]12C(=O)Nc1cc(Cl)ccc12. The lowest BCUT2D eigenvalue weighted by Crippen LogP contribution is -2.56. The van der Waals surface area contributed by atoms with Crippen LogP contribution in [0.3, 0.4) is 0 Å². The van der Waals surface area contributed by atoms with E-state index in [-0.39, 0.29) is 18.2 Å². The molecule has 1 aromatic heterocycles. The van der Waals surface area contributed by atoms with Crippen molar-refractivity contribution in [2.45, 2.75) is 37.6 Å². The van der Waals surface area contributed by atoms with Gasteiger partial charge in [0.1, 0.15) is 16.9 Å². The third kappa shape index (κ3) is 4.28. The van der Waals surface area contributed by atoms with Gasteiger partial charge in [-0.1, -0.05) is 41.4 Å². The van der Waals surface area contributed by atoms with Crippen molar-refractivity contribution >= 4 is 63.3 Å². The first kappa shape index (κ1) is 27.1. The number of anilines is 1. The van der Waals surface area contributed by atoms with Gasteiger partial charge in [-0.3, -0.25) is 14.3 Å². The van der Waals surface area contributed by atoms with Crippen molar-refractivity contribution in [1.82, 2.24) is 15.1 Å². The Labute approximate surface area is 255 Å². The molecule has 0 saturated carbocycles. The standard InChI is InChI=1S/C30H25Cl2IN4O3/c1-15-27(16(2)37(3)36-15)40-25-10-8-20(33)13-21(25)28-30(22-9-7-19(32)12-24(22)34-29(30)39)23(14-26(38)35-28)17-5-4-6-18(31)11-17/h4-13,23,28H,14H2,1-3H3,(H,34,39)(H,35,38)/t23-,28+,30-/m0/s1. The van der Waals surface area contributed by atoms with Crippen LogP contribution in [-0.4, -0.2) is 21.6 Å². The quantitative estimate of drug-likeness (QED) is 0.227. The van der Waals surface area contributed by atoms with Crippen molar-refractivity contribution in [3.05, 3.63) is 102 Å². The molecule has 3 aromatic carbocycles. The zero-order valence-electron chi connectivity index (χ0n) is 21.9. The van der Waals surface area contributed by atoms with Gasteiger partial charge >= 0.3 is 0 Å². The Morgan fingerprint density at radius 2 is 1.82 bits per heavy atom. The first-order valence-corrected chi connectivity index (χ1v) is 14.6. The van der Waals surface area contributed by atoms with Gasteiger partial charge in [-0.2, -0.15) is 5.10 Å². The zero-order valence-corrected chi connectivity index (χ0v) is 25.6. The lowest BCUT2D eigenvalue weighted by molar-refractivity contribution is -0.131. The Hall–Kier alpha value is -3.08. The number of benzene rings is 3. The van der Waals surface area contributed by atoms with Gasteiger partial charge in [-0.15, -0.1) is 0 Å². The number of aryl methyl sites for hydroxylation is 2. The van der Waals surface area contributed by atoms with E-state index < -0.39 is 17.4 Å². The highest BCUT2D eigenvalue weighted by Crippen LogP contribution is 2.58. The Bertz CT molecular complexity index is 1700. The molecule has 0 bridgehead atoms. The van der Waals surface area contributed by atoms with Gasteiger partial charge in [0.15, 0.2) is 5.75 Å². The molecule has 2 N–H and O–H groups in total. The van der Waals surface area contributed by atoms with Crippen LogP contribution >= 0.6 is 45.8 Å². The number of hydrogen-bond acceptors (Lipinski definition) is 4. The van der Waals surface area contributed by atoms with Crippen LogP contribution in [0.25, 0.3) is 0 Å². The minimum absolute atomic E-state index is 0.104. The molecule has 40 heavy (non-hydrogen) atoms. The van der Waals surface area contributed by atoms with Gasteiger partial charge < -0.3 is 15.4 Å². The first-order chi connectivity index (χ1) is 19.1. The van der Waals surface area contributed by atoms with Crippen molar-refractivity contribution < 1.29 is 14.3 Å². The van der Waals surface area contributed by atoms with Gasteiger partial charge in [-0.05, 0) is 90.0 Å². The lowest BCUT2D eigenvalue weighted by Gasteiger charge is -2.46. The van der Waals surface area contributed by atoms with E-state index in [2.05, 4.69) is 38.3 Å². The highest BCUT2D eigenvalue weighted by Gasteiger charge is 2.61. The van der Waals surface area contributed by atoms with Crippen LogP contribution < -0.4 is 15.4 Å². The summed E-state index contributed by atoms with van der Waals surface area (Å²) in [4.78, 5) is 27.8. The fourth-order valence-corrected chi connectivity index (χ4v) is 7.01. The van der Waals surface area contributed by atoms with Crippen molar-refractivity contribution in [1.29, 1.82) is 0 Å². The number of nitrogens with zero attached hydrogens (tertiary/aromatic N) is 2. The second-order valence-corrected chi connectivity index (χ2v) is 12.4. The van der Waals surface area contributed by atoms with E-state index in [1.807, 2.05) is 63.4 Å². The summed E-state index contributed by atoms with van der Waals surface area (Å²) in [5, 5.41) is 11.8. The zero-order chi connectivity index (χ0) is 28.3. The second-order valence-electron chi connectivity index (χ2n) is 10.2. The highest BCUT2D eigenvalue weighted by molar-refractivity contribution is 14.1. The van der Waals surface area contributed by atoms with E-state index in [0.717, 1.165) is 26.1 Å². The molecule has 2 amide bonds. The lowest BCUT2D eigenvalue weighted by atomic mass is 9.59. The topological polar surface area (TPSA) is 85.2 Å². The van der Waals surface area contributed by atoms with Crippen LogP contribution in [-0.2, 0) is 22.1 Å². The summed E-state index contributed by atoms with van der Waals surface area (Å²) >= 11 is 15.0. The number of ether oxygens (including phenoxy) is 1. The first-order valence-electron chi connectivity index (χ1n) is 12.7. The molecule has 1 spiro atoms. The molecular formula is C30H25Cl2IN4O3. The molecule has 0 aliphatic carbocycles. The number of rotatable bonds is 4. The molecule has 0 unspecified atom stereocenters. The number of fused-ring (bicyclic) bond motifs is 2. The maximum Gasteiger partial charge on any atom is 0.238 e. The van der Waals surface area contributed by atoms with Crippen LogP contribution in [0.15, 0.2) is 60.7 Å². The van der Waals surface area contributed by atoms with Crippen molar-refractivity contribution in [3.63, 3.8) is 0 Å². The second kappa shape index (κ2) is 10.1. The number of carbonyl (C=O) groups is 2. The van der Waals surface area contributed by atoms with Crippen LogP contribution in [0.5, 0.6) is 11.5 Å². The summed E-state index contributed by atoms with van der Waals surface area (Å²) < 4.78 is 9.23. The minimum atomic E-state index is -1.21. The molecule has 4 aromatic rings. The van der Waals surface area contributed by atoms with E-state index >= 15 is 0 Å². The third-order valence-electron chi connectivity index (χ3n) is 7.94. The molecule has 3 atom stereocenters. The maximum absolute atomic E-state index is 14.4. The number of amides is 2. The summed E-state index contributed by atoms with van der Waals surface area (Å²) in [7, 11) is 1.86. The molecule has 7 nitrogen and oxygen atoms in total. The monoisotopic (exact) mass is 686 g/mol. The Morgan fingerprint density at radius 1 is 1.05 bits per heavy atom. The van der Waals surface area contributed by atoms with E-state index in [0.29, 0.717) is 32.8 Å². The van der Waals surface area contributed by atoms with Crippen molar-refractivity contribution in [2.75, 3.05) is 5.32 Å². The Morgan fingerprint density at radius 3 is 2.55 bits per heavy atom. The smallest absolute Gasteiger partial charge is 0.238 e. The van der Waals surface area contributed by atoms with Crippen LogP contribution in [0.4, 0.5) is 5.69 Å². The number of halogens is 3. The fourth-order valence-electron chi connectivity index (χ4n) is 6.12. The Balaban J connectivity index is 1.62. The maximum atomic E-state index is 14.4. The molecule has 2 aliphatic heterocycles. The summed E-state index contributed by atoms with van der Waals surface area (Å²) in [5.74, 6) is 0.259. The third-order valence-corrected chi connectivity index (χ3v) is 9.08. The van der Waals surface area contributed by atoms with Crippen LogP contribution in [0, 0.1) is 17.4 Å². The van der Waals surface area contributed by atoms with E-state index in [9.17, 15) is 9.59 Å². The predicted molar refractivity (Wildman–Crippen MR) is 163 cm³/mol. The molecule has 2 aliphatic rings. The summed E-state index contributed by atoms with van der Waals surface area (Å²) in [6, 6.07) is 17.8. The molecule has 3 heterocycles. The minimum Gasteiger partial charge on any atom is -0.453 e. The number of hydrogen-bond donors (Lipinski definition) is 2. The summed E-state index contributed by atoms with van der Waals surface area (Å²) in [6.45, 7) is 3.82. The molecular weight excluding hydrogens is 662 g/mol. The molecule has 1 saturated heterocycles. The van der Waals surface area contributed by atoms with Crippen molar-refractivity contribution in [2.24, 2.45) is 7.05 Å². The molecule has 204 valence electrons. The average molecular weight is 687 g/mol. The number of piperidine rings is 1. The fraction of sp³-hybridized carbons (Fsp3) is 0.233. The Kier molecular flexibility index (Phi) is 6.83. The largest absolute Gasteiger partial charge is 0.453 e. The van der Waals surface area contributed by atoms with Gasteiger partial charge in [0.2, 0.25) is 11.8 Å². The normalized spacial score (nSPS) is 21.8. The van der Waals surface area contributed by atoms with Gasteiger partial charge in [-0.25, -0.2) is 0 Å². The van der Waals surface area contributed by atoms with Gasteiger partial charge in [0.05, 0.1) is 11.7 Å². The van der Waals surface area contributed by atoms with Crippen LogP contribution in [0.1, 0.15) is 46.5 Å². The van der Waals surface area contributed by atoms with Gasteiger partial charge in [0, 0.05) is 44.3 Å².